The lowest BCUT2D eigenvalue weighted by molar-refractivity contribution is -0.133. The topological polar surface area (TPSA) is 76.0 Å². The molecule has 0 saturated carbocycles. The zero-order valence-corrected chi connectivity index (χ0v) is 17.5. The van der Waals surface area contributed by atoms with Gasteiger partial charge in [-0.25, -0.2) is 4.79 Å². The van der Waals surface area contributed by atoms with Crippen LogP contribution >= 0.6 is 0 Å². The second-order valence-electron chi connectivity index (χ2n) is 7.01. The minimum Gasteiger partial charge on any atom is -0.478 e. The van der Waals surface area contributed by atoms with Crippen molar-refractivity contribution in [3.05, 3.63) is 10.8 Å². The van der Waals surface area contributed by atoms with Gasteiger partial charge in [0.2, 0.25) is 0 Å². The lowest BCUT2D eigenvalue weighted by Gasteiger charge is -2.32. The molecule has 0 rings (SSSR count). The molecule has 8 heteroatoms. The number of carboxylic acid groups (broad SMARTS) is 1. The van der Waals surface area contributed by atoms with Gasteiger partial charge in [0.1, 0.15) is 0 Å². The van der Waals surface area contributed by atoms with E-state index >= 15 is 0 Å². The Balaban J connectivity index is 5.73. The van der Waals surface area contributed by atoms with Gasteiger partial charge < -0.3 is 18.4 Å². The highest BCUT2D eigenvalue weighted by atomic mass is 28.4. The van der Waals surface area contributed by atoms with Crippen LogP contribution in [-0.4, -0.2) is 48.7 Å². The first-order valence-corrected chi connectivity index (χ1v) is 15.7. The summed E-state index contributed by atoms with van der Waals surface area (Å²) in [5.41, 5.74) is 0.0602. The van der Waals surface area contributed by atoms with Crippen LogP contribution in [0.2, 0.25) is 39.3 Å². The monoisotopic (exact) mass is 350 g/mol. The van der Waals surface area contributed by atoms with Crippen molar-refractivity contribution in [2.75, 3.05) is 6.61 Å². The highest BCUT2D eigenvalue weighted by Crippen LogP contribution is 2.23. The van der Waals surface area contributed by atoms with Gasteiger partial charge in [-0.1, -0.05) is 13.3 Å². The molecule has 0 heterocycles. The number of allylic oxidation sites excluding steroid dienone is 1. The molecule has 0 radical (unpaired) electrons. The van der Waals surface area contributed by atoms with E-state index in [4.69, 9.17) is 8.23 Å². The van der Waals surface area contributed by atoms with Crippen LogP contribution in [0.5, 0.6) is 0 Å². The molecule has 2 N–H and O–H groups in total. The molecule has 0 unspecified atom stereocenters. The highest BCUT2D eigenvalue weighted by molar-refractivity contribution is 6.83. The Bertz CT molecular complexity index is 366. The van der Waals surface area contributed by atoms with Gasteiger partial charge >= 0.3 is 15.3 Å². The summed E-state index contributed by atoms with van der Waals surface area (Å²) in [4.78, 5) is 11.4. The summed E-state index contributed by atoms with van der Waals surface area (Å²) in [7, 11) is -6.00. The molecule has 0 aliphatic heterocycles. The Morgan fingerprint density at radius 1 is 1.05 bits per heavy atom. The molecule has 0 saturated heterocycles. The van der Waals surface area contributed by atoms with Crippen LogP contribution in [0.3, 0.4) is 0 Å². The predicted octanol–water partition coefficient (Wildman–Crippen LogP) is 2.62. The molecule has 21 heavy (non-hydrogen) atoms. The second kappa shape index (κ2) is 8.39. The van der Waals surface area contributed by atoms with Crippen molar-refractivity contribution in [3.63, 3.8) is 0 Å². The average molecular weight is 351 g/mol. The van der Waals surface area contributed by atoms with E-state index < -0.39 is 38.5 Å². The summed E-state index contributed by atoms with van der Waals surface area (Å²) in [6, 6.07) is 0. The van der Waals surface area contributed by atoms with E-state index in [-0.39, 0.29) is 5.57 Å². The van der Waals surface area contributed by atoms with Crippen molar-refractivity contribution in [3.8, 4) is 0 Å². The summed E-state index contributed by atoms with van der Waals surface area (Å²) in [5, 5.41) is 19.5. The van der Waals surface area contributed by atoms with Crippen molar-refractivity contribution in [1.82, 2.24) is 0 Å². The number of aliphatic hydroxyl groups is 1. The maximum atomic E-state index is 11.4. The molecule has 124 valence electrons. The fraction of sp³-hybridized carbons (Fsp3) is 0.769. The number of hydrogen-bond acceptors (Lipinski definition) is 4. The Morgan fingerprint density at radius 2 is 1.48 bits per heavy atom. The molecule has 0 bridgehead atoms. The summed E-state index contributed by atoms with van der Waals surface area (Å²) in [6.45, 7) is 14.0. The van der Waals surface area contributed by atoms with Gasteiger partial charge in [-0.2, -0.15) is 0 Å². The van der Waals surface area contributed by atoms with Crippen molar-refractivity contribution in [1.29, 1.82) is 0 Å². The first-order valence-electron chi connectivity index (χ1n) is 7.33. The summed E-state index contributed by atoms with van der Waals surface area (Å²) in [5.74, 6) is -1.07. The van der Waals surface area contributed by atoms with E-state index in [0.717, 1.165) is 6.42 Å². The summed E-state index contributed by atoms with van der Waals surface area (Å²) < 4.78 is 12.4. The number of carboxylic acids is 1. The van der Waals surface area contributed by atoms with Crippen LogP contribution in [0.25, 0.3) is 0 Å². The molecule has 0 aliphatic carbocycles. The number of rotatable bonds is 9. The first-order chi connectivity index (χ1) is 9.41. The summed E-state index contributed by atoms with van der Waals surface area (Å²) >= 11 is 0. The quantitative estimate of drug-likeness (QED) is 0.494. The van der Waals surface area contributed by atoms with Crippen LogP contribution in [-0.2, 0) is 13.0 Å². The molecule has 5 nitrogen and oxygen atoms in total. The fourth-order valence-corrected chi connectivity index (χ4v) is 9.72. The van der Waals surface area contributed by atoms with Crippen LogP contribution in [0.4, 0.5) is 0 Å². The van der Waals surface area contributed by atoms with E-state index in [1.807, 2.05) is 6.92 Å². The highest BCUT2D eigenvalue weighted by Gasteiger charge is 2.33. The van der Waals surface area contributed by atoms with Crippen LogP contribution in [0, 0.1) is 0 Å². The maximum Gasteiger partial charge on any atom is 0.333 e. The number of carbonyl (C=O) groups is 1. The normalized spacial score (nSPS) is 14.3. The number of hydrogen-bond donors (Lipinski definition) is 2. The number of aliphatic carboxylic acids is 1. The Morgan fingerprint density at radius 3 is 1.71 bits per heavy atom. The van der Waals surface area contributed by atoms with Gasteiger partial charge in [-0.3, -0.25) is 0 Å². The standard InChI is InChI=1S/C13H30O5Si3/c1-8-9-12(11(10-14)13(15)16)19(17-20(2,3)4)18-21(5,6)7/h14,19H,8-10H2,1-7H3,(H,15,16). The molecule has 0 atom stereocenters. The minimum atomic E-state index is -2.29. The predicted molar refractivity (Wildman–Crippen MR) is 92.7 cm³/mol. The molecule has 0 fully saturated rings. The van der Waals surface area contributed by atoms with Crippen molar-refractivity contribution < 1.29 is 23.2 Å². The molecule has 0 aromatic carbocycles. The lowest BCUT2D eigenvalue weighted by atomic mass is 10.2. The Hall–Kier alpha value is -0.259. The minimum absolute atomic E-state index is 0.0602. The molecule has 0 spiro atoms. The van der Waals surface area contributed by atoms with Gasteiger partial charge in [-0.15, -0.1) is 0 Å². The largest absolute Gasteiger partial charge is 0.478 e. The third-order valence-corrected chi connectivity index (χ3v) is 11.1. The third kappa shape index (κ3) is 8.69. The van der Waals surface area contributed by atoms with Gasteiger partial charge in [0, 0.05) is 0 Å². The van der Waals surface area contributed by atoms with Gasteiger partial charge in [0.25, 0.3) is 0 Å². The average Bonchev–Trinajstić information content (AvgIpc) is 2.23. The Kier molecular flexibility index (Phi) is 8.29. The van der Waals surface area contributed by atoms with Crippen LogP contribution in [0.15, 0.2) is 10.8 Å². The van der Waals surface area contributed by atoms with Gasteiger partial charge in [0.05, 0.1) is 12.2 Å². The van der Waals surface area contributed by atoms with Crippen LogP contribution in [0.1, 0.15) is 19.8 Å². The molecule has 0 aliphatic rings. The first kappa shape index (κ1) is 20.7. The van der Waals surface area contributed by atoms with Crippen LogP contribution < -0.4 is 0 Å². The zero-order valence-electron chi connectivity index (χ0n) is 14.3. The van der Waals surface area contributed by atoms with E-state index in [0.29, 0.717) is 11.6 Å². The third-order valence-electron chi connectivity index (χ3n) is 2.53. The summed E-state index contributed by atoms with van der Waals surface area (Å²) in [6.07, 6.45) is 1.41. The van der Waals surface area contributed by atoms with Crippen molar-refractivity contribution in [2.24, 2.45) is 0 Å². The fourth-order valence-electron chi connectivity index (χ4n) is 1.80. The van der Waals surface area contributed by atoms with E-state index in [2.05, 4.69) is 39.3 Å². The van der Waals surface area contributed by atoms with E-state index in [1.54, 1.807) is 0 Å². The Labute approximate surface area is 132 Å². The molecule has 0 aromatic heterocycles. The SMILES string of the molecule is CCCC(=C(CO)C(=O)O)[SiH](O[Si](C)(C)C)O[Si](C)(C)C. The lowest BCUT2D eigenvalue weighted by Crippen LogP contribution is -2.45. The van der Waals surface area contributed by atoms with E-state index in [1.165, 1.54) is 0 Å². The molecular formula is C13H30O5Si3. The van der Waals surface area contributed by atoms with Gasteiger partial charge in [0.15, 0.2) is 16.6 Å². The maximum absolute atomic E-state index is 11.4. The van der Waals surface area contributed by atoms with Crippen molar-refractivity contribution in [2.45, 2.75) is 59.0 Å². The number of aliphatic hydroxyl groups excluding tert-OH is 1. The zero-order chi connectivity index (χ0) is 16.8. The van der Waals surface area contributed by atoms with Crippen molar-refractivity contribution >= 4 is 31.9 Å². The van der Waals surface area contributed by atoms with E-state index in [9.17, 15) is 15.0 Å². The van der Waals surface area contributed by atoms with Gasteiger partial charge in [-0.05, 0) is 50.9 Å². The molecule has 0 amide bonds. The second-order valence-corrected chi connectivity index (χ2v) is 18.7. The molecular weight excluding hydrogens is 320 g/mol. The molecule has 0 aromatic rings. The smallest absolute Gasteiger partial charge is 0.333 e.